The number of carbonyl (C=O) groups is 1. The number of hydrogen-bond acceptors (Lipinski definition) is 2. The topological polar surface area (TPSA) is 42.0 Å². The summed E-state index contributed by atoms with van der Waals surface area (Å²) in [5, 5.41) is 2.79. The van der Waals surface area contributed by atoms with Crippen LogP contribution in [0.15, 0.2) is 42.7 Å². The highest BCUT2D eigenvalue weighted by Crippen LogP contribution is 2.33. The van der Waals surface area contributed by atoms with Crippen LogP contribution in [-0.4, -0.2) is 22.9 Å². The molecule has 0 aliphatic heterocycles. The normalized spacial score (nSPS) is 17.5. The second kappa shape index (κ2) is 6.63. The molecule has 126 valence electrons. The van der Waals surface area contributed by atoms with Gasteiger partial charge in [0.1, 0.15) is 5.82 Å². The predicted octanol–water partition coefficient (Wildman–Crippen LogP) is 4.20. The molecule has 24 heavy (non-hydrogen) atoms. The third kappa shape index (κ3) is 3.93. The molecule has 0 spiro atoms. The number of nitrogens with zero attached hydrogens (tertiary/aromatic N) is 1. The van der Waals surface area contributed by atoms with E-state index in [2.05, 4.69) is 10.3 Å². The van der Waals surface area contributed by atoms with Crippen molar-refractivity contribution in [1.82, 2.24) is 10.3 Å². The summed E-state index contributed by atoms with van der Waals surface area (Å²) in [7, 11) is 0. The van der Waals surface area contributed by atoms with Gasteiger partial charge >= 0.3 is 0 Å². The summed E-state index contributed by atoms with van der Waals surface area (Å²) in [6.07, 6.45) is 3.15. The van der Waals surface area contributed by atoms with Gasteiger partial charge < -0.3 is 5.32 Å². The lowest BCUT2D eigenvalue weighted by Gasteiger charge is -2.28. The van der Waals surface area contributed by atoms with Crippen LogP contribution in [0.3, 0.4) is 0 Å². The van der Waals surface area contributed by atoms with E-state index in [9.17, 15) is 18.0 Å². The molecule has 1 amide bonds. The zero-order valence-corrected chi connectivity index (χ0v) is 12.9. The molecule has 0 saturated heterocycles. The van der Waals surface area contributed by atoms with Gasteiger partial charge in [-0.1, -0.05) is 12.1 Å². The molecule has 1 heterocycles. The minimum atomic E-state index is -2.62. The van der Waals surface area contributed by atoms with Crippen LogP contribution in [0, 0.1) is 5.82 Å². The van der Waals surface area contributed by atoms with Gasteiger partial charge in [0.05, 0.1) is 5.56 Å². The molecular weight excluding hydrogens is 317 g/mol. The molecule has 2 aromatic rings. The number of hydrogen-bond donors (Lipinski definition) is 1. The summed E-state index contributed by atoms with van der Waals surface area (Å²) in [5.41, 5.74) is 1.79. The van der Waals surface area contributed by atoms with Crippen LogP contribution in [0.4, 0.5) is 13.2 Å². The quantitative estimate of drug-likeness (QED) is 0.914. The Morgan fingerprint density at radius 2 is 1.75 bits per heavy atom. The second-order valence-corrected chi connectivity index (χ2v) is 6.07. The Morgan fingerprint density at radius 1 is 1.08 bits per heavy atom. The average Bonchev–Trinajstić information content (AvgIpc) is 2.57. The van der Waals surface area contributed by atoms with Crippen molar-refractivity contribution in [3.63, 3.8) is 0 Å². The highest BCUT2D eigenvalue weighted by molar-refractivity contribution is 5.95. The molecule has 1 aliphatic carbocycles. The van der Waals surface area contributed by atoms with Gasteiger partial charge in [-0.2, -0.15) is 0 Å². The SMILES string of the molecule is O=C(NC1CCC(F)(F)CC1)c1cncc(-c2ccc(F)cc2)c1. The number of pyridine rings is 1. The van der Waals surface area contributed by atoms with Crippen LogP contribution < -0.4 is 5.32 Å². The molecule has 3 nitrogen and oxygen atoms in total. The molecule has 1 aliphatic rings. The first kappa shape index (κ1) is 16.5. The standard InChI is InChI=1S/C18H17F3N2O/c19-15-3-1-12(2-4-15)13-9-14(11-22-10-13)17(24)23-16-5-7-18(20,21)8-6-16/h1-4,9-11,16H,5-8H2,(H,23,24). The number of carbonyl (C=O) groups excluding carboxylic acids is 1. The number of alkyl halides is 2. The van der Waals surface area contributed by atoms with Crippen LogP contribution in [0.5, 0.6) is 0 Å². The number of amides is 1. The molecule has 3 rings (SSSR count). The van der Waals surface area contributed by atoms with E-state index in [0.29, 0.717) is 11.1 Å². The molecule has 0 unspecified atom stereocenters. The highest BCUT2D eigenvalue weighted by Gasteiger charge is 2.35. The van der Waals surface area contributed by atoms with E-state index in [-0.39, 0.29) is 43.4 Å². The van der Waals surface area contributed by atoms with Gasteiger partial charge in [-0.05, 0) is 36.6 Å². The molecule has 1 aromatic carbocycles. The number of benzene rings is 1. The monoisotopic (exact) mass is 334 g/mol. The number of halogens is 3. The minimum Gasteiger partial charge on any atom is -0.349 e. The first-order chi connectivity index (χ1) is 11.4. The summed E-state index contributed by atoms with van der Waals surface area (Å²) in [4.78, 5) is 16.4. The van der Waals surface area contributed by atoms with Gasteiger partial charge in [0.2, 0.25) is 5.92 Å². The molecule has 1 fully saturated rings. The van der Waals surface area contributed by atoms with Gasteiger partial charge in [-0.15, -0.1) is 0 Å². The molecule has 0 atom stereocenters. The van der Waals surface area contributed by atoms with E-state index in [1.165, 1.54) is 18.3 Å². The Hall–Kier alpha value is -2.37. The Labute approximate surface area is 137 Å². The van der Waals surface area contributed by atoms with Crippen LogP contribution >= 0.6 is 0 Å². The maximum Gasteiger partial charge on any atom is 0.253 e. The first-order valence-corrected chi connectivity index (χ1v) is 7.83. The lowest BCUT2D eigenvalue weighted by atomic mass is 9.92. The summed E-state index contributed by atoms with van der Waals surface area (Å²) in [5.74, 6) is -3.29. The van der Waals surface area contributed by atoms with Gasteiger partial charge in [-0.3, -0.25) is 9.78 Å². The van der Waals surface area contributed by atoms with E-state index in [4.69, 9.17) is 0 Å². The highest BCUT2D eigenvalue weighted by atomic mass is 19.3. The second-order valence-electron chi connectivity index (χ2n) is 6.07. The maximum absolute atomic E-state index is 13.2. The van der Waals surface area contributed by atoms with Gasteiger partial charge in [0.25, 0.3) is 5.91 Å². The fraction of sp³-hybridized carbons (Fsp3) is 0.333. The van der Waals surface area contributed by atoms with Crippen molar-refractivity contribution < 1.29 is 18.0 Å². The zero-order chi connectivity index (χ0) is 17.2. The predicted molar refractivity (Wildman–Crippen MR) is 84.3 cm³/mol. The van der Waals surface area contributed by atoms with Crippen molar-refractivity contribution in [2.75, 3.05) is 0 Å². The zero-order valence-electron chi connectivity index (χ0n) is 12.9. The maximum atomic E-state index is 13.2. The summed E-state index contributed by atoms with van der Waals surface area (Å²) < 4.78 is 39.3. The number of nitrogens with one attached hydrogen (secondary N) is 1. The average molecular weight is 334 g/mol. The third-order valence-electron chi connectivity index (χ3n) is 4.23. The molecule has 0 radical (unpaired) electrons. The lowest BCUT2D eigenvalue weighted by Crippen LogP contribution is -2.40. The molecular formula is C18H17F3N2O. The molecule has 0 bridgehead atoms. The van der Waals surface area contributed by atoms with Gasteiger partial charge in [0, 0.05) is 36.8 Å². The Kier molecular flexibility index (Phi) is 4.55. The fourth-order valence-electron chi connectivity index (χ4n) is 2.82. The van der Waals surface area contributed by atoms with E-state index in [1.54, 1.807) is 24.4 Å². The van der Waals surface area contributed by atoms with E-state index in [0.717, 1.165) is 5.56 Å². The summed E-state index contributed by atoms with van der Waals surface area (Å²) >= 11 is 0. The van der Waals surface area contributed by atoms with Gasteiger partial charge in [0.15, 0.2) is 0 Å². The van der Waals surface area contributed by atoms with Crippen molar-refractivity contribution in [1.29, 1.82) is 0 Å². The Balaban J connectivity index is 1.69. The largest absolute Gasteiger partial charge is 0.349 e. The Morgan fingerprint density at radius 3 is 2.42 bits per heavy atom. The van der Waals surface area contributed by atoms with Gasteiger partial charge in [-0.25, -0.2) is 13.2 Å². The minimum absolute atomic E-state index is 0.203. The molecule has 1 aromatic heterocycles. The fourth-order valence-corrected chi connectivity index (χ4v) is 2.82. The van der Waals surface area contributed by atoms with E-state index in [1.807, 2.05) is 0 Å². The molecule has 6 heteroatoms. The van der Waals surface area contributed by atoms with Crippen molar-refractivity contribution in [3.05, 3.63) is 54.1 Å². The first-order valence-electron chi connectivity index (χ1n) is 7.83. The number of aromatic nitrogens is 1. The van der Waals surface area contributed by atoms with Crippen LogP contribution in [0.25, 0.3) is 11.1 Å². The smallest absolute Gasteiger partial charge is 0.253 e. The third-order valence-corrected chi connectivity index (χ3v) is 4.23. The Bertz CT molecular complexity index is 721. The molecule has 1 saturated carbocycles. The number of rotatable bonds is 3. The molecule has 1 N–H and O–H groups in total. The van der Waals surface area contributed by atoms with E-state index < -0.39 is 5.92 Å². The van der Waals surface area contributed by atoms with Crippen LogP contribution in [0.2, 0.25) is 0 Å². The van der Waals surface area contributed by atoms with Crippen LogP contribution in [0.1, 0.15) is 36.0 Å². The summed E-state index contributed by atoms with van der Waals surface area (Å²) in [6.45, 7) is 0. The van der Waals surface area contributed by atoms with Crippen molar-refractivity contribution in [3.8, 4) is 11.1 Å². The van der Waals surface area contributed by atoms with Crippen molar-refractivity contribution in [2.24, 2.45) is 0 Å². The van der Waals surface area contributed by atoms with Crippen molar-refractivity contribution in [2.45, 2.75) is 37.6 Å². The summed E-state index contributed by atoms with van der Waals surface area (Å²) in [6, 6.07) is 7.31. The lowest BCUT2D eigenvalue weighted by molar-refractivity contribution is -0.0399. The van der Waals surface area contributed by atoms with Crippen LogP contribution in [-0.2, 0) is 0 Å². The van der Waals surface area contributed by atoms with E-state index >= 15 is 0 Å². The van der Waals surface area contributed by atoms with Crippen molar-refractivity contribution >= 4 is 5.91 Å².